The third-order valence-electron chi connectivity index (χ3n) is 7.44. The van der Waals surface area contributed by atoms with Crippen LogP contribution in [0.4, 0.5) is 10.9 Å². The Morgan fingerprint density at radius 3 is 2.69 bits per heavy atom. The topological polar surface area (TPSA) is 118 Å². The van der Waals surface area contributed by atoms with E-state index in [1.807, 2.05) is 11.4 Å². The normalized spacial score (nSPS) is 21.4. The lowest BCUT2D eigenvalue weighted by Gasteiger charge is -2.40. The molecule has 0 aliphatic carbocycles. The third-order valence-corrected chi connectivity index (χ3v) is 9.69. The van der Waals surface area contributed by atoms with Crippen LogP contribution in [0.2, 0.25) is 5.02 Å². The summed E-state index contributed by atoms with van der Waals surface area (Å²) in [6.45, 7) is 9.04. The number of rotatable bonds is 10. The highest BCUT2D eigenvalue weighted by molar-refractivity contribution is 7.17. The molecule has 2 aliphatic rings. The summed E-state index contributed by atoms with van der Waals surface area (Å²) in [5.41, 5.74) is 1.32. The van der Waals surface area contributed by atoms with Gasteiger partial charge < -0.3 is 20.4 Å². The number of halogens is 1. The summed E-state index contributed by atoms with van der Waals surface area (Å²) in [6.07, 6.45) is 4.78. The van der Waals surface area contributed by atoms with Crippen molar-refractivity contribution in [3.63, 3.8) is 0 Å². The Labute approximate surface area is 241 Å². The lowest BCUT2D eigenvalue weighted by atomic mass is 10.2. The first kappa shape index (κ1) is 28.2. The van der Waals surface area contributed by atoms with Gasteiger partial charge in [-0.15, -0.1) is 11.3 Å². The molecule has 0 radical (unpaired) electrons. The van der Waals surface area contributed by atoms with E-state index in [1.165, 1.54) is 12.8 Å². The predicted molar refractivity (Wildman–Crippen MR) is 156 cm³/mol. The zero-order valence-electron chi connectivity index (χ0n) is 22.1. The van der Waals surface area contributed by atoms with E-state index in [-0.39, 0.29) is 12.5 Å². The highest BCUT2D eigenvalue weighted by Gasteiger charge is 2.26. The molecule has 0 bridgehead atoms. The fourth-order valence-corrected chi connectivity index (χ4v) is 7.34. The largest absolute Gasteiger partial charge is 0.481 e. The summed E-state index contributed by atoms with van der Waals surface area (Å²) in [7, 11) is 0. The molecule has 3 N–H and O–H groups in total. The van der Waals surface area contributed by atoms with Gasteiger partial charge in [-0.05, 0) is 39.3 Å². The summed E-state index contributed by atoms with van der Waals surface area (Å²) >= 11 is 9.33. The number of carboxylic acids is 1. The van der Waals surface area contributed by atoms with Gasteiger partial charge in [0, 0.05) is 55.1 Å². The molecular formula is C26H34ClN7O3S2. The van der Waals surface area contributed by atoms with Gasteiger partial charge >= 0.3 is 5.97 Å². The van der Waals surface area contributed by atoms with E-state index in [0.717, 1.165) is 54.0 Å². The fraction of sp³-hybridized carbons (Fsp3) is 0.538. The maximum absolute atomic E-state index is 10.9. The number of nitrogens with zero attached hydrogens (tertiary/aromatic N) is 6. The highest BCUT2D eigenvalue weighted by Crippen LogP contribution is 2.38. The van der Waals surface area contributed by atoms with E-state index >= 15 is 0 Å². The molecule has 1 unspecified atom stereocenters. The molecule has 0 aromatic carbocycles. The average Bonchev–Trinajstić information content (AvgIpc) is 3.63. The molecule has 210 valence electrons. The van der Waals surface area contributed by atoms with Gasteiger partial charge in [0.2, 0.25) is 0 Å². The number of aromatic nitrogens is 3. The van der Waals surface area contributed by atoms with Gasteiger partial charge in [-0.1, -0.05) is 22.9 Å². The molecule has 13 heteroatoms. The zero-order chi connectivity index (χ0) is 27.5. The number of anilines is 2. The van der Waals surface area contributed by atoms with Gasteiger partial charge in [0.1, 0.15) is 11.5 Å². The first-order valence-corrected chi connectivity index (χ1v) is 15.3. The predicted octanol–water partition coefficient (Wildman–Crippen LogP) is 4.39. The van der Waals surface area contributed by atoms with E-state index in [2.05, 4.69) is 43.8 Å². The van der Waals surface area contributed by atoms with Crippen LogP contribution in [0.1, 0.15) is 49.9 Å². The number of nitrogens with one attached hydrogen (secondary N) is 1. The number of carbonyl (C=O) groups is 1. The fourth-order valence-electron chi connectivity index (χ4n) is 5.16. The van der Waals surface area contributed by atoms with Crippen LogP contribution in [0.15, 0.2) is 23.8 Å². The number of aliphatic hydroxyl groups excluding tert-OH is 1. The number of carboxylic acid groups (broad SMARTS) is 1. The van der Waals surface area contributed by atoms with Crippen molar-refractivity contribution in [3.05, 3.63) is 39.4 Å². The van der Waals surface area contributed by atoms with Crippen LogP contribution in [0.5, 0.6) is 0 Å². The number of likely N-dealkylation sites (tertiary alicyclic amines) is 1. The summed E-state index contributed by atoms with van der Waals surface area (Å²) in [6, 6.07) is 2.69. The van der Waals surface area contributed by atoms with Crippen molar-refractivity contribution in [3.8, 4) is 10.6 Å². The van der Waals surface area contributed by atoms with Gasteiger partial charge in [0.25, 0.3) is 0 Å². The van der Waals surface area contributed by atoms with Crippen LogP contribution in [0.25, 0.3) is 10.6 Å². The smallest absolute Gasteiger partial charge is 0.304 e. The van der Waals surface area contributed by atoms with Crippen LogP contribution in [-0.2, 0) is 11.3 Å². The second-order valence-electron chi connectivity index (χ2n) is 10.2. The molecule has 2 fully saturated rings. The van der Waals surface area contributed by atoms with Gasteiger partial charge in [-0.25, -0.2) is 9.97 Å². The maximum atomic E-state index is 10.9. The Balaban J connectivity index is 1.24. The first-order chi connectivity index (χ1) is 18.8. The number of aliphatic hydroxyl groups is 1. The summed E-state index contributed by atoms with van der Waals surface area (Å²) in [5.74, 6) is -0.0376. The average molecular weight is 592 g/mol. The van der Waals surface area contributed by atoms with Gasteiger partial charge in [-0.3, -0.25) is 19.6 Å². The van der Waals surface area contributed by atoms with Gasteiger partial charge in [0.05, 0.1) is 34.4 Å². The summed E-state index contributed by atoms with van der Waals surface area (Å²) in [4.78, 5) is 33.8. The maximum Gasteiger partial charge on any atom is 0.304 e. The number of piperazine rings is 1. The van der Waals surface area contributed by atoms with Crippen LogP contribution in [-0.4, -0.2) is 85.7 Å². The number of hydrogen-bond acceptors (Lipinski definition) is 11. The number of hydrogen-bond donors (Lipinski definition) is 3. The Kier molecular flexibility index (Phi) is 8.99. The first-order valence-electron chi connectivity index (χ1n) is 13.2. The van der Waals surface area contributed by atoms with Crippen LogP contribution >= 0.6 is 34.3 Å². The Bertz CT molecular complexity index is 1270. The molecular weight excluding hydrogens is 558 g/mol. The molecule has 2 saturated heterocycles. The van der Waals surface area contributed by atoms with Gasteiger partial charge in [-0.2, -0.15) is 0 Å². The molecule has 3 atom stereocenters. The van der Waals surface area contributed by atoms with Crippen LogP contribution in [0.3, 0.4) is 0 Å². The Morgan fingerprint density at radius 2 is 2.05 bits per heavy atom. The van der Waals surface area contributed by atoms with E-state index in [1.54, 1.807) is 35.1 Å². The second kappa shape index (κ2) is 12.4. The Morgan fingerprint density at radius 1 is 1.21 bits per heavy atom. The molecule has 2 aliphatic heterocycles. The number of aliphatic carboxylic acids is 1. The van der Waals surface area contributed by atoms with Gasteiger partial charge in [0.15, 0.2) is 11.4 Å². The molecule has 0 spiro atoms. The van der Waals surface area contributed by atoms with E-state index in [9.17, 15) is 9.90 Å². The molecule has 3 aromatic rings. The third kappa shape index (κ3) is 6.87. The van der Waals surface area contributed by atoms with Crippen molar-refractivity contribution < 1.29 is 15.0 Å². The molecule has 3 aromatic heterocycles. The van der Waals surface area contributed by atoms with E-state index in [0.29, 0.717) is 28.4 Å². The van der Waals surface area contributed by atoms with Crippen molar-refractivity contribution >= 4 is 51.2 Å². The number of thiazole rings is 1. The van der Waals surface area contributed by atoms with Crippen molar-refractivity contribution in [1.82, 2.24) is 24.8 Å². The minimum Gasteiger partial charge on any atom is -0.481 e. The monoisotopic (exact) mass is 591 g/mol. The zero-order valence-corrected chi connectivity index (χ0v) is 24.5. The minimum absolute atomic E-state index is 0.143. The summed E-state index contributed by atoms with van der Waals surface area (Å²) in [5, 5.41) is 26.2. The molecule has 5 rings (SSSR count). The minimum atomic E-state index is -1.05. The molecule has 0 amide bonds. The van der Waals surface area contributed by atoms with E-state index < -0.39 is 12.2 Å². The van der Waals surface area contributed by atoms with Crippen LogP contribution in [0, 0.1) is 0 Å². The highest BCUT2D eigenvalue weighted by atomic mass is 35.5. The lowest BCUT2D eigenvalue weighted by molar-refractivity contribution is -0.137. The summed E-state index contributed by atoms with van der Waals surface area (Å²) < 4.78 is 0. The van der Waals surface area contributed by atoms with Crippen LogP contribution < -0.4 is 10.2 Å². The lowest BCUT2D eigenvalue weighted by Crippen LogP contribution is -2.52. The van der Waals surface area contributed by atoms with Crippen molar-refractivity contribution in [1.29, 1.82) is 0 Å². The quantitative estimate of drug-likeness (QED) is 0.293. The molecule has 10 nitrogen and oxygen atoms in total. The molecule has 39 heavy (non-hydrogen) atoms. The van der Waals surface area contributed by atoms with Crippen molar-refractivity contribution in [2.45, 2.75) is 58.0 Å². The second-order valence-corrected chi connectivity index (χ2v) is 12.6. The SMILES string of the molecule is C[C@@H]1CCCN1Cc1sc(NC(O)c2cnc(N3CCN(CCC(=O)O)[C@@H](C)C3)cn2)nc1-c1cc(Cl)cs1. The Hall–Kier alpha value is -2.35. The number of thiophene rings is 1. The van der Waals surface area contributed by atoms with Crippen molar-refractivity contribution in [2.75, 3.05) is 42.9 Å². The molecule has 0 saturated carbocycles. The van der Waals surface area contributed by atoms with E-state index in [4.69, 9.17) is 21.7 Å². The standard InChI is InChI=1S/C26H34ClN7O3S2/c1-16-4-3-6-33(16)14-21-24(20-10-18(27)15-38-20)30-26(39-21)31-25(37)19-11-29-22(12-28-19)34-9-8-32(17(2)13-34)7-5-23(35)36/h10-12,15-17,25,37H,3-9,13-14H2,1-2H3,(H,30,31)(H,35,36)/t16-,17+,25?/m1/s1. The van der Waals surface area contributed by atoms with Crippen molar-refractivity contribution in [2.24, 2.45) is 0 Å². The molecule has 5 heterocycles.